The number of alkyl halides is 11. The van der Waals surface area contributed by atoms with E-state index in [0.717, 1.165) is 6.92 Å². The molecule has 0 heterocycles. The summed E-state index contributed by atoms with van der Waals surface area (Å²) in [6.45, 7) is 1.68. The minimum absolute atomic E-state index is 0.442. The average Bonchev–Trinajstić information content (AvgIpc) is 2.39. The summed E-state index contributed by atoms with van der Waals surface area (Å²) in [5, 5.41) is 0. The Morgan fingerprint density at radius 2 is 1.15 bits per heavy atom. The second-order valence-electron chi connectivity index (χ2n) is 5.47. The first-order valence-corrected chi connectivity index (χ1v) is 6.65. The Labute approximate surface area is 140 Å². The fourth-order valence-electron chi connectivity index (χ4n) is 1.45. The van der Waals surface area contributed by atoms with Gasteiger partial charge in [-0.25, -0.2) is 4.79 Å². The third-order valence-corrected chi connectivity index (χ3v) is 2.98. The van der Waals surface area contributed by atoms with E-state index in [9.17, 15) is 53.1 Å². The maximum absolute atomic E-state index is 13.3. The Kier molecular flexibility index (Phi) is 7.13. The first-order chi connectivity index (χ1) is 11.2. The van der Waals surface area contributed by atoms with E-state index >= 15 is 0 Å². The Balaban J connectivity index is 5.07. The first kappa shape index (κ1) is 24.4. The summed E-state index contributed by atoms with van der Waals surface area (Å²) in [4.78, 5) is 10.9. The highest BCUT2D eigenvalue weighted by Gasteiger charge is 2.63. The van der Waals surface area contributed by atoms with Crippen LogP contribution in [-0.2, 0) is 9.53 Å². The molecule has 0 saturated heterocycles. The molecule has 0 bridgehead atoms. The highest BCUT2D eigenvalue weighted by atomic mass is 19.4. The molecule has 154 valence electrons. The van der Waals surface area contributed by atoms with Gasteiger partial charge in [-0.05, 0) is 6.92 Å². The van der Waals surface area contributed by atoms with Crippen molar-refractivity contribution in [3.8, 4) is 0 Å². The number of hydrogen-bond acceptors (Lipinski definition) is 2. The Hall–Kier alpha value is -1.56. The standard InChI is InChI=1S/C13H13F11O2/c1-7(2)8(25)26-6-12(20,21)10(16,17)4-3-9(14,15)11(18,19)5-13(22,23)24/h1,3-6H2,2H3. The Morgan fingerprint density at radius 3 is 1.50 bits per heavy atom. The molecule has 0 aromatic rings. The maximum atomic E-state index is 13.3. The molecular formula is C13H13F11O2. The summed E-state index contributed by atoms with van der Waals surface area (Å²) in [7, 11) is 0. The van der Waals surface area contributed by atoms with Gasteiger partial charge in [-0.2, -0.15) is 48.3 Å². The van der Waals surface area contributed by atoms with E-state index in [1.807, 2.05) is 0 Å². The number of esters is 1. The van der Waals surface area contributed by atoms with E-state index in [-0.39, 0.29) is 0 Å². The van der Waals surface area contributed by atoms with Crippen molar-refractivity contribution in [1.82, 2.24) is 0 Å². The van der Waals surface area contributed by atoms with E-state index < -0.39 is 67.3 Å². The fourth-order valence-corrected chi connectivity index (χ4v) is 1.45. The molecule has 0 radical (unpaired) electrons. The van der Waals surface area contributed by atoms with Crippen LogP contribution in [0.1, 0.15) is 26.2 Å². The second kappa shape index (κ2) is 7.59. The van der Waals surface area contributed by atoms with E-state index in [2.05, 4.69) is 11.3 Å². The number of hydrogen-bond donors (Lipinski definition) is 0. The molecule has 0 saturated carbocycles. The zero-order chi connectivity index (χ0) is 21.2. The fraction of sp³-hybridized carbons (Fsp3) is 0.769. The normalized spacial score (nSPS) is 14.3. The first-order valence-electron chi connectivity index (χ1n) is 6.65. The summed E-state index contributed by atoms with van der Waals surface area (Å²) in [5.74, 6) is -23.5. The van der Waals surface area contributed by atoms with Crippen LogP contribution in [-0.4, -0.2) is 42.4 Å². The monoisotopic (exact) mass is 410 g/mol. The maximum Gasteiger partial charge on any atom is 0.395 e. The predicted molar refractivity (Wildman–Crippen MR) is 65.5 cm³/mol. The Morgan fingerprint density at radius 1 is 0.769 bits per heavy atom. The summed E-state index contributed by atoms with van der Waals surface area (Å²) < 4.78 is 145. The zero-order valence-corrected chi connectivity index (χ0v) is 13.0. The van der Waals surface area contributed by atoms with Crippen molar-refractivity contribution in [3.05, 3.63) is 12.2 Å². The lowest BCUT2D eigenvalue weighted by Crippen LogP contribution is -2.48. The van der Waals surface area contributed by atoms with Crippen LogP contribution in [0.3, 0.4) is 0 Å². The van der Waals surface area contributed by atoms with E-state index in [0.29, 0.717) is 0 Å². The van der Waals surface area contributed by atoms with Crippen LogP contribution in [0, 0.1) is 0 Å². The van der Waals surface area contributed by atoms with Crippen molar-refractivity contribution in [2.75, 3.05) is 6.61 Å². The molecule has 0 rings (SSSR count). The van der Waals surface area contributed by atoms with Crippen LogP contribution in [0.4, 0.5) is 48.3 Å². The molecule has 0 spiro atoms. The third kappa shape index (κ3) is 6.63. The van der Waals surface area contributed by atoms with Gasteiger partial charge in [-0.15, -0.1) is 0 Å². The van der Waals surface area contributed by atoms with Gasteiger partial charge < -0.3 is 4.74 Å². The molecule has 0 aliphatic heterocycles. The lowest BCUT2D eigenvalue weighted by atomic mass is 9.98. The lowest BCUT2D eigenvalue weighted by molar-refractivity contribution is -0.277. The summed E-state index contributed by atoms with van der Waals surface area (Å²) >= 11 is 0. The van der Waals surface area contributed by atoms with Gasteiger partial charge in [0.1, 0.15) is 6.42 Å². The average molecular weight is 410 g/mol. The van der Waals surface area contributed by atoms with E-state index in [4.69, 9.17) is 0 Å². The number of rotatable bonds is 9. The highest BCUT2D eigenvalue weighted by Crippen LogP contribution is 2.47. The SMILES string of the molecule is C=C(C)C(=O)OCC(F)(F)C(F)(F)CCC(F)(F)C(F)(F)CC(F)(F)F. The van der Waals surface area contributed by atoms with Gasteiger partial charge in [0.25, 0.3) is 0 Å². The molecule has 0 aromatic heterocycles. The van der Waals surface area contributed by atoms with Crippen LogP contribution >= 0.6 is 0 Å². The smallest absolute Gasteiger partial charge is 0.395 e. The number of ether oxygens (including phenoxy) is 1. The lowest BCUT2D eigenvalue weighted by Gasteiger charge is -2.31. The largest absolute Gasteiger partial charge is 0.456 e. The van der Waals surface area contributed by atoms with E-state index in [1.54, 1.807) is 0 Å². The predicted octanol–water partition coefficient (Wildman–Crippen LogP) is 5.38. The van der Waals surface area contributed by atoms with Crippen LogP contribution in [0.5, 0.6) is 0 Å². The minimum atomic E-state index is -5.77. The van der Waals surface area contributed by atoms with Gasteiger partial charge in [0, 0.05) is 18.4 Å². The summed E-state index contributed by atoms with van der Waals surface area (Å²) in [5.41, 5.74) is -0.442. The molecule has 0 aromatic carbocycles. The van der Waals surface area contributed by atoms with E-state index in [1.165, 1.54) is 0 Å². The van der Waals surface area contributed by atoms with Crippen molar-refractivity contribution >= 4 is 5.97 Å². The molecule has 13 heteroatoms. The van der Waals surface area contributed by atoms with Gasteiger partial charge in [0.15, 0.2) is 6.61 Å². The number of carbonyl (C=O) groups is 1. The topological polar surface area (TPSA) is 26.3 Å². The molecule has 0 aliphatic rings. The molecule has 0 unspecified atom stereocenters. The molecule has 0 atom stereocenters. The molecule has 0 amide bonds. The van der Waals surface area contributed by atoms with Crippen molar-refractivity contribution in [1.29, 1.82) is 0 Å². The van der Waals surface area contributed by atoms with Crippen molar-refractivity contribution < 1.29 is 57.8 Å². The summed E-state index contributed by atoms with van der Waals surface area (Å²) in [6.07, 6.45) is -14.3. The van der Waals surface area contributed by atoms with Crippen molar-refractivity contribution in [2.24, 2.45) is 0 Å². The quantitative estimate of drug-likeness (QED) is 0.290. The number of carbonyl (C=O) groups excluding carboxylic acids is 1. The minimum Gasteiger partial charge on any atom is -0.456 e. The summed E-state index contributed by atoms with van der Waals surface area (Å²) in [6, 6.07) is 0. The van der Waals surface area contributed by atoms with Crippen LogP contribution in [0.25, 0.3) is 0 Å². The van der Waals surface area contributed by atoms with Gasteiger partial charge in [-0.3, -0.25) is 0 Å². The molecule has 0 aliphatic carbocycles. The highest BCUT2D eigenvalue weighted by molar-refractivity contribution is 5.86. The van der Waals surface area contributed by atoms with Crippen LogP contribution < -0.4 is 0 Å². The molecule has 0 fully saturated rings. The van der Waals surface area contributed by atoms with Crippen LogP contribution in [0.15, 0.2) is 12.2 Å². The van der Waals surface area contributed by atoms with Crippen LogP contribution in [0.2, 0.25) is 0 Å². The van der Waals surface area contributed by atoms with Gasteiger partial charge in [0.05, 0.1) is 0 Å². The molecule has 0 N–H and O–H groups in total. The molecule has 2 nitrogen and oxygen atoms in total. The number of halogens is 11. The van der Waals surface area contributed by atoms with Crippen molar-refractivity contribution in [2.45, 2.75) is 56.1 Å². The third-order valence-electron chi connectivity index (χ3n) is 2.98. The molecule has 26 heavy (non-hydrogen) atoms. The van der Waals surface area contributed by atoms with Gasteiger partial charge in [-0.1, -0.05) is 6.58 Å². The van der Waals surface area contributed by atoms with Crippen molar-refractivity contribution in [3.63, 3.8) is 0 Å². The van der Waals surface area contributed by atoms with Gasteiger partial charge >= 0.3 is 35.8 Å². The van der Waals surface area contributed by atoms with Gasteiger partial charge in [0.2, 0.25) is 0 Å². The Bertz CT molecular complexity index is 523. The second-order valence-corrected chi connectivity index (χ2v) is 5.47. The zero-order valence-electron chi connectivity index (χ0n) is 13.0. The molecular weight excluding hydrogens is 397 g/mol.